The third-order valence-corrected chi connectivity index (χ3v) is 7.99. The number of amides is 1. The highest BCUT2D eigenvalue weighted by Crippen LogP contribution is 2.42. The molecule has 40 heavy (non-hydrogen) atoms. The van der Waals surface area contributed by atoms with E-state index in [4.69, 9.17) is 25.8 Å². The van der Waals surface area contributed by atoms with Crippen molar-refractivity contribution in [3.8, 4) is 11.5 Å². The molecule has 0 fully saturated rings. The predicted octanol–water partition coefficient (Wildman–Crippen LogP) is 8.15. The molecule has 0 aromatic heterocycles. The number of nitrogens with zero attached hydrogens (tertiary/aromatic N) is 1. The van der Waals surface area contributed by atoms with Gasteiger partial charge in [-0.05, 0) is 76.5 Å². The predicted molar refractivity (Wildman–Crippen MR) is 164 cm³/mol. The Bertz CT molecular complexity index is 1550. The van der Waals surface area contributed by atoms with Gasteiger partial charge in [0.05, 0.1) is 33.7 Å². The lowest BCUT2D eigenvalue weighted by atomic mass is 10.1. The zero-order valence-corrected chi connectivity index (χ0v) is 26.0. The Labute approximate surface area is 257 Å². The van der Waals surface area contributed by atoms with Gasteiger partial charge in [0.2, 0.25) is 0 Å². The number of esters is 1. The topological polar surface area (TPSA) is 94.4 Å². The van der Waals surface area contributed by atoms with Gasteiger partial charge < -0.3 is 19.3 Å². The first-order valence-electron chi connectivity index (χ1n) is 11.8. The van der Waals surface area contributed by atoms with Crippen LogP contribution in [0.5, 0.6) is 11.5 Å². The lowest BCUT2D eigenvalue weighted by Gasteiger charge is -2.14. The van der Waals surface area contributed by atoms with Crippen LogP contribution in [0, 0.1) is 0 Å². The minimum Gasteiger partial charge on any atom is -0.506 e. The van der Waals surface area contributed by atoms with E-state index in [2.05, 4.69) is 36.9 Å². The number of ether oxygens (including phenoxy) is 3. The van der Waals surface area contributed by atoms with Gasteiger partial charge in [0.25, 0.3) is 5.91 Å². The lowest BCUT2D eigenvalue weighted by Crippen LogP contribution is -2.14. The fraction of sp³-hybridized carbons (Fsp3) is 0.138. The summed E-state index contributed by atoms with van der Waals surface area (Å²) >= 11 is 14.1. The number of rotatable bonds is 8. The van der Waals surface area contributed by atoms with Crippen LogP contribution in [0.25, 0.3) is 6.08 Å². The van der Waals surface area contributed by atoms with Crippen LogP contribution in [0.2, 0.25) is 5.02 Å². The molecule has 1 amide bonds. The third kappa shape index (κ3) is 6.98. The lowest BCUT2D eigenvalue weighted by molar-refractivity contribution is -0.138. The fourth-order valence-electron chi connectivity index (χ4n) is 3.63. The molecule has 0 atom stereocenters. The van der Waals surface area contributed by atoms with Crippen molar-refractivity contribution in [3.63, 3.8) is 0 Å². The second-order valence-electron chi connectivity index (χ2n) is 8.21. The van der Waals surface area contributed by atoms with Gasteiger partial charge in [0.15, 0.2) is 11.5 Å². The van der Waals surface area contributed by atoms with Crippen LogP contribution in [0.15, 0.2) is 90.8 Å². The summed E-state index contributed by atoms with van der Waals surface area (Å²) in [6.45, 7) is 2.05. The number of aliphatic imine (C=N–C) groups is 1. The molecule has 206 valence electrons. The van der Waals surface area contributed by atoms with Crippen molar-refractivity contribution in [1.82, 2.24) is 0 Å². The largest absolute Gasteiger partial charge is 0.506 e. The Balaban J connectivity index is 1.66. The number of thioether (sulfide) groups is 1. The molecular formula is C29H22Br2ClNO6S. The van der Waals surface area contributed by atoms with Crippen molar-refractivity contribution >= 4 is 78.2 Å². The van der Waals surface area contributed by atoms with Gasteiger partial charge in [-0.15, -0.1) is 0 Å². The molecule has 11 heteroatoms. The number of hydrogen-bond acceptors (Lipinski definition) is 7. The monoisotopic (exact) mass is 705 g/mol. The first kappa shape index (κ1) is 29.9. The van der Waals surface area contributed by atoms with Crippen LogP contribution in [0.3, 0.4) is 0 Å². The molecule has 4 rings (SSSR count). The second kappa shape index (κ2) is 13.5. The number of aliphatic hydroxyl groups excluding tert-OH is 1. The summed E-state index contributed by atoms with van der Waals surface area (Å²) in [7, 11) is 1.52. The molecule has 1 N–H and O–H groups in total. The molecule has 0 unspecified atom stereocenters. The van der Waals surface area contributed by atoms with E-state index in [-0.39, 0.29) is 33.6 Å². The summed E-state index contributed by atoms with van der Waals surface area (Å²) in [5, 5.41) is 11.2. The number of carbonyl (C=O) groups is 2. The highest BCUT2D eigenvalue weighted by atomic mass is 79.9. The minimum absolute atomic E-state index is 0.00704. The van der Waals surface area contributed by atoms with Crippen molar-refractivity contribution in [2.24, 2.45) is 4.99 Å². The third-order valence-electron chi connectivity index (χ3n) is 5.52. The summed E-state index contributed by atoms with van der Waals surface area (Å²) in [5.74, 6) is -0.832. The average molecular weight is 708 g/mol. The van der Waals surface area contributed by atoms with Crippen molar-refractivity contribution in [3.05, 3.63) is 108 Å². The minimum atomic E-state index is -0.794. The van der Waals surface area contributed by atoms with Gasteiger partial charge >= 0.3 is 5.97 Å². The molecule has 0 spiro atoms. The number of hydrogen-bond donors (Lipinski definition) is 1. The van der Waals surface area contributed by atoms with Crippen molar-refractivity contribution in [1.29, 1.82) is 0 Å². The van der Waals surface area contributed by atoms with Crippen LogP contribution < -0.4 is 9.47 Å². The van der Waals surface area contributed by atoms with Crippen LogP contribution in [0.1, 0.15) is 28.4 Å². The number of halogens is 3. The van der Waals surface area contributed by atoms with Gasteiger partial charge in [0.1, 0.15) is 23.0 Å². The summed E-state index contributed by atoms with van der Waals surface area (Å²) in [6.07, 6.45) is 1.65. The smallest absolute Gasteiger partial charge is 0.344 e. The number of carbonyl (C=O) groups excluding carboxylic acids is 2. The van der Waals surface area contributed by atoms with Gasteiger partial charge in [-0.2, -0.15) is 0 Å². The van der Waals surface area contributed by atoms with E-state index in [1.807, 2.05) is 24.3 Å². The first-order chi connectivity index (χ1) is 19.2. The van der Waals surface area contributed by atoms with Crippen LogP contribution in [0.4, 0.5) is 0 Å². The van der Waals surface area contributed by atoms with Crippen molar-refractivity contribution < 1.29 is 28.9 Å². The fourth-order valence-corrected chi connectivity index (χ4v) is 5.70. The Kier molecular flexibility index (Phi) is 10.1. The second-order valence-corrected chi connectivity index (χ2v) is 11.4. The Morgan fingerprint density at radius 1 is 1.10 bits per heavy atom. The van der Waals surface area contributed by atoms with Crippen molar-refractivity contribution in [2.45, 2.75) is 13.5 Å². The van der Waals surface area contributed by atoms with Gasteiger partial charge in [-0.1, -0.05) is 63.6 Å². The van der Waals surface area contributed by atoms with E-state index < -0.39 is 11.9 Å². The maximum Gasteiger partial charge on any atom is 0.344 e. The van der Waals surface area contributed by atoms with E-state index in [1.165, 1.54) is 13.2 Å². The summed E-state index contributed by atoms with van der Waals surface area (Å²) in [6, 6.07) is 17.7. The van der Waals surface area contributed by atoms with Crippen LogP contribution in [-0.4, -0.2) is 35.7 Å². The summed E-state index contributed by atoms with van der Waals surface area (Å²) < 4.78 is 18.3. The van der Waals surface area contributed by atoms with Gasteiger partial charge in [0, 0.05) is 4.47 Å². The van der Waals surface area contributed by atoms with Gasteiger partial charge in [-0.25, -0.2) is 9.79 Å². The quantitative estimate of drug-likeness (QED) is 0.236. The molecule has 0 radical (unpaired) electrons. The maximum atomic E-state index is 12.9. The molecule has 0 saturated heterocycles. The highest BCUT2D eigenvalue weighted by molar-refractivity contribution is 9.10. The summed E-state index contributed by atoms with van der Waals surface area (Å²) in [5.41, 5.74) is 1.59. The summed E-state index contributed by atoms with van der Waals surface area (Å²) in [4.78, 5) is 30.0. The molecule has 1 aliphatic rings. The standard InChI is InChI=1S/C29H22Br2ClNO6S/c1-3-38-29(36)24-25(34)23(40-28(24)33-27(35)19-6-4-5-7-21(19)32)14-17-12-20(31)26(22(13-17)37-2)39-15-16-8-10-18(30)11-9-16/h4-14,34H,3,15H2,1-2H3/b23-14-,33-28?. The molecule has 0 bridgehead atoms. The van der Waals surface area contributed by atoms with E-state index in [1.54, 1.807) is 43.3 Å². The normalized spacial score (nSPS) is 15.0. The zero-order chi connectivity index (χ0) is 28.8. The molecule has 1 aliphatic heterocycles. The van der Waals surface area contributed by atoms with Gasteiger partial charge in [-0.3, -0.25) is 4.79 Å². The molecule has 7 nitrogen and oxygen atoms in total. The SMILES string of the molecule is CCOC(=O)C1=C(O)/C(=C/c2cc(Br)c(OCc3ccc(Br)cc3)c(OC)c2)SC1=NC(=O)c1ccccc1Cl. The van der Waals surface area contributed by atoms with E-state index >= 15 is 0 Å². The van der Waals surface area contributed by atoms with Crippen molar-refractivity contribution in [2.75, 3.05) is 13.7 Å². The molecule has 3 aromatic carbocycles. The van der Waals surface area contributed by atoms with E-state index in [0.717, 1.165) is 21.8 Å². The molecular weight excluding hydrogens is 686 g/mol. The van der Waals surface area contributed by atoms with E-state index in [9.17, 15) is 14.7 Å². The Morgan fingerprint density at radius 3 is 2.50 bits per heavy atom. The maximum absolute atomic E-state index is 12.9. The zero-order valence-electron chi connectivity index (χ0n) is 21.2. The van der Waals surface area contributed by atoms with E-state index in [0.29, 0.717) is 33.0 Å². The number of methoxy groups -OCH3 is 1. The molecule has 0 saturated carbocycles. The number of aliphatic hydroxyl groups is 1. The average Bonchev–Trinajstić information content (AvgIpc) is 3.22. The molecule has 0 aliphatic carbocycles. The van der Waals surface area contributed by atoms with Crippen LogP contribution in [-0.2, 0) is 16.1 Å². The Hall–Kier alpha value is -3.05. The number of benzene rings is 3. The van der Waals surface area contributed by atoms with Crippen LogP contribution >= 0.6 is 55.2 Å². The molecule has 3 aromatic rings. The molecule has 1 heterocycles. The first-order valence-corrected chi connectivity index (χ1v) is 14.6. The Morgan fingerprint density at radius 2 is 1.82 bits per heavy atom. The highest BCUT2D eigenvalue weighted by Gasteiger charge is 2.34.